The highest BCUT2D eigenvalue weighted by molar-refractivity contribution is 5.92. The summed E-state index contributed by atoms with van der Waals surface area (Å²) in [5, 5.41) is 4.58. The second kappa shape index (κ2) is 7.17. The summed E-state index contributed by atoms with van der Waals surface area (Å²) < 4.78 is 0. The van der Waals surface area contributed by atoms with Crippen LogP contribution in [-0.2, 0) is 6.54 Å². The minimum atomic E-state index is 0.923. The van der Waals surface area contributed by atoms with Gasteiger partial charge in [0.2, 0.25) is 0 Å². The number of hydrogen-bond acceptors (Lipinski definition) is 5. The van der Waals surface area contributed by atoms with E-state index in [0.717, 1.165) is 60.7 Å². The van der Waals surface area contributed by atoms with Gasteiger partial charge < -0.3 is 10.2 Å². The van der Waals surface area contributed by atoms with Crippen LogP contribution in [0.25, 0.3) is 10.9 Å². The normalized spacial score (nSPS) is 16.2. The van der Waals surface area contributed by atoms with E-state index in [1.807, 2.05) is 36.7 Å². The maximum absolute atomic E-state index is 4.63. The van der Waals surface area contributed by atoms with E-state index < -0.39 is 0 Å². The van der Waals surface area contributed by atoms with Crippen molar-refractivity contribution in [1.29, 1.82) is 0 Å². The first-order valence-electron chi connectivity index (χ1n) is 8.74. The molecule has 3 aromatic rings. The van der Waals surface area contributed by atoms with E-state index in [4.69, 9.17) is 0 Å². The zero-order valence-corrected chi connectivity index (χ0v) is 14.5. The molecule has 5 nitrogen and oxygen atoms in total. The van der Waals surface area contributed by atoms with Crippen LogP contribution in [0.15, 0.2) is 54.9 Å². The molecule has 25 heavy (non-hydrogen) atoms. The van der Waals surface area contributed by atoms with E-state index in [9.17, 15) is 0 Å². The fourth-order valence-corrected chi connectivity index (χ4v) is 3.19. The van der Waals surface area contributed by atoms with E-state index >= 15 is 0 Å². The van der Waals surface area contributed by atoms with Crippen molar-refractivity contribution >= 4 is 22.3 Å². The fourth-order valence-electron chi connectivity index (χ4n) is 3.19. The van der Waals surface area contributed by atoms with Crippen molar-refractivity contribution in [3.8, 4) is 0 Å². The molecule has 2 aromatic heterocycles. The average molecular weight is 333 g/mol. The molecule has 0 radical (unpaired) electrons. The maximum Gasteiger partial charge on any atom is 0.0722 e. The van der Waals surface area contributed by atoms with Gasteiger partial charge in [-0.05, 0) is 31.3 Å². The summed E-state index contributed by atoms with van der Waals surface area (Å²) in [6, 6.07) is 14.4. The Bertz CT molecular complexity index is 833. The third-order valence-corrected chi connectivity index (χ3v) is 4.73. The van der Waals surface area contributed by atoms with Gasteiger partial charge in [0.15, 0.2) is 0 Å². The van der Waals surface area contributed by atoms with E-state index in [0.29, 0.717) is 0 Å². The molecular formula is C20H23N5. The third kappa shape index (κ3) is 3.78. The number of likely N-dealkylation sites (N-methyl/N-ethyl adjacent to an activating group) is 1. The van der Waals surface area contributed by atoms with Gasteiger partial charge in [-0.15, -0.1) is 0 Å². The second-order valence-electron chi connectivity index (χ2n) is 6.62. The number of hydrogen-bond donors (Lipinski definition) is 1. The van der Waals surface area contributed by atoms with Gasteiger partial charge in [-0.1, -0.05) is 18.2 Å². The van der Waals surface area contributed by atoms with Crippen LogP contribution in [0.3, 0.4) is 0 Å². The smallest absolute Gasteiger partial charge is 0.0722 e. The van der Waals surface area contributed by atoms with Crippen LogP contribution < -0.4 is 5.32 Å². The Morgan fingerprint density at radius 3 is 2.60 bits per heavy atom. The summed E-state index contributed by atoms with van der Waals surface area (Å²) in [7, 11) is 2.18. The van der Waals surface area contributed by atoms with Crippen molar-refractivity contribution in [1.82, 2.24) is 19.8 Å². The highest BCUT2D eigenvalue weighted by Gasteiger charge is 2.14. The summed E-state index contributed by atoms with van der Waals surface area (Å²) in [5.74, 6) is 0. The topological polar surface area (TPSA) is 44.3 Å². The molecular weight excluding hydrogens is 310 g/mol. The van der Waals surface area contributed by atoms with Crippen LogP contribution in [0.1, 0.15) is 5.69 Å². The number of pyridine rings is 2. The Morgan fingerprint density at radius 1 is 0.960 bits per heavy atom. The van der Waals surface area contributed by atoms with Gasteiger partial charge in [-0.3, -0.25) is 14.9 Å². The average Bonchev–Trinajstić information content (AvgIpc) is 2.65. The van der Waals surface area contributed by atoms with Gasteiger partial charge in [0.1, 0.15) is 0 Å². The van der Waals surface area contributed by atoms with Crippen molar-refractivity contribution < 1.29 is 0 Å². The van der Waals surface area contributed by atoms with E-state index in [1.54, 1.807) is 0 Å². The number of aromatic nitrogens is 2. The number of rotatable bonds is 4. The van der Waals surface area contributed by atoms with Crippen LogP contribution in [0, 0.1) is 0 Å². The molecule has 3 heterocycles. The Morgan fingerprint density at radius 2 is 1.80 bits per heavy atom. The Balaban J connectivity index is 1.45. The number of fused-ring (bicyclic) bond motifs is 1. The molecule has 0 amide bonds. The van der Waals surface area contributed by atoms with Crippen molar-refractivity contribution in [2.24, 2.45) is 0 Å². The highest BCUT2D eigenvalue weighted by Crippen LogP contribution is 2.24. The molecule has 0 aliphatic carbocycles. The van der Waals surface area contributed by atoms with Crippen LogP contribution in [0.5, 0.6) is 0 Å². The molecule has 0 atom stereocenters. The van der Waals surface area contributed by atoms with E-state index in [-0.39, 0.29) is 0 Å². The maximum atomic E-state index is 4.63. The molecule has 1 N–H and O–H groups in total. The van der Waals surface area contributed by atoms with E-state index in [1.165, 1.54) is 0 Å². The molecule has 5 heteroatoms. The number of para-hydroxylation sites is 1. The molecule has 1 fully saturated rings. The quantitative estimate of drug-likeness (QED) is 0.795. The van der Waals surface area contributed by atoms with Crippen molar-refractivity contribution in [3.05, 3.63) is 60.6 Å². The molecule has 4 rings (SSSR count). The zero-order chi connectivity index (χ0) is 17.1. The number of nitrogens with zero attached hydrogens (tertiary/aromatic N) is 4. The minimum absolute atomic E-state index is 0.923. The molecule has 0 saturated carbocycles. The first-order valence-corrected chi connectivity index (χ1v) is 8.74. The predicted molar refractivity (Wildman–Crippen MR) is 102 cm³/mol. The largest absolute Gasteiger partial charge is 0.354 e. The van der Waals surface area contributed by atoms with Crippen LogP contribution >= 0.6 is 0 Å². The third-order valence-electron chi connectivity index (χ3n) is 4.73. The molecule has 1 aliphatic heterocycles. The lowest BCUT2D eigenvalue weighted by molar-refractivity contribution is 0.147. The summed E-state index contributed by atoms with van der Waals surface area (Å²) in [5.41, 5.74) is 4.17. The summed E-state index contributed by atoms with van der Waals surface area (Å²) in [6.45, 7) is 5.41. The highest BCUT2D eigenvalue weighted by atomic mass is 15.2. The lowest BCUT2D eigenvalue weighted by atomic mass is 10.2. The first-order chi connectivity index (χ1) is 12.3. The van der Waals surface area contributed by atoms with Gasteiger partial charge in [-0.2, -0.15) is 0 Å². The van der Waals surface area contributed by atoms with Gasteiger partial charge >= 0.3 is 0 Å². The Labute approximate surface area is 148 Å². The first kappa shape index (κ1) is 16.0. The summed E-state index contributed by atoms with van der Waals surface area (Å²) in [4.78, 5) is 13.9. The predicted octanol–water partition coefficient (Wildman–Crippen LogP) is 3.12. The Kier molecular flexibility index (Phi) is 4.59. The SMILES string of the molecule is CN1CCN(Cc2ccc(Nc3ccnc4ccccc34)cn2)CC1. The lowest BCUT2D eigenvalue weighted by Crippen LogP contribution is -2.43. The zero-order valence-electron chi connectivity index (χ0n) is 14.5. The molecule has 0 bridgehead atoms. The molecule has 0 unspecified atom stereocenters. The molecule has 128 valence electrons. The van der Waals surface area contributed by atoms with Crippen molar-refractivity contribution in [3.63, 3.8) is 0 Å². The molecule has 0 spiro atoms. The second-order valence-corrected chi connectivity index (χ2v) is 6.62. The minimum Gasteiger partial charge on any atom is -0.354 e. The molecule has 1 aromatic carbocycles. The van der Waals surface area contributed by atoms with Gasteiger partial charge in [-0.25, -0.2) is 0 Å². The number of piperazine rings is 1. The van der Waals surface area contributed by atoms with Gasteiger partial charge in [0.25, 0.3) is 0 Å². The van der Waals surface area contributed by atoms with Gasteiger partial charge in [0, 0.05) is 50.0 Å². The lowest BCUT2D eigenvalue weighted by Gasteiger charge is -2.32. The summed E-state index contributed by atoms with van der Waals surface area (Å²) >= 11 is 0. The standard InChI is InChI=1S/C20H23N5/c1-24-10-12-25(13-11-24)15-17-7-6-16(14-22-17)23-20-8-9-21-19-5-3-2-4-18(19)20/h2-9,14H,10-13,15H2,1H3,(H,21,23). The monoisotopic (exact) mass is 333 g/mol. The van der Waals surface area contributed by atoms with Crippen LogP contribution in [0.4, 0.5) is 11.4 Å². The Hall–Kier alpha value is -2.50. The van der Waals surface area contributed by atoms with E-state index in [2.05, 4.69) is 50.3 Å². The van der Waals surface area contributed by atoms with Crippen LogP contribution in [-0.4, -0.2) is 53.0 Å². The van der Waals surface area contributed by atoms with Crippen molar-refractivity contribution in [2.45, 2.75) is 6.54 Å². The molecule has 1 saturated heterocycles. The summed E-state index contributed by atoms with van der Waals surface area (Å²) in [6.07, 6.45) is 3.75. The number of anilines is 2. The van der Waals surface area contributed by atoms with Gasteiger partial charge in [0.05, 0.1) is 23.1 Å². The van der Waals surface area contributed by atoms with Crippen LogP contribution in [0.2, 0.25) is 0 Å². The fraction of sp³-hybridized carbons (Fsp3) is 0.300. The van der Waals surface area contributed by atoms with Crippen molar-refractivity contribution in [2.75, 3.05) is 38.5 Å². The number of nitrogens with one attached hydrogen (secondary N) is 1. The number of benzene rings is 1. The molecule has 1 aliphatic rings.